The quantitative estimate of drug-likeness (QED) is 0.140. The van der Waals surface area contributed by atoms with E-state index in [-0.39, 0.29) is 37.3 Å². The van der Waals surface area contributed by atoms with E-state index in [0.717, 1.165) is 9.75 Å². The van der Waals surface area contributed by atoms with Crippen molar-refractivity contribution in [2.45, 2.75) is 148 Å². The Morgan fingerprint density at radius 3 is 2.14 bits per heavy atom. The maximum atomic E-state index is 13.6. The van der Waals surface area contributed by atoms with Gasteiger partial charge in [0.25, 0.3) is 0 Å². The average molecular weight is 825 g/mol. The number of cyclic esters (lactones) is 1. The van der Waals surface area contributed by atoms with E-state index in [0.29, 0.717) is 6.42 Å². The van der Waals surface area contributed by atoms with E-state index >= 15 is 0 Å². The Hall–Kier alpha value is -2.80. The second-order valence-electron chi connectivity index (χ2n) is 16.1. The molecule has 2 fully saturated rings. The van der Waals surface area contributed by atoms with Gasteiger partial charge in [-0.25, -0.2) is 4.79 Å². The minimum absolute atomic E-state index is 0.0511. The highest BCUT2D eigenvalue weighted by Gasteiger charge is 2.51. The lowest BCUT2D eigenvalue weighted by Crippen LogP contribution is -2.60. The molecule has 0 aliphatic carbocycles. The van der Waals surface area contributed by atoms with Gasteiger partial charge in [0.15, 0.2) is 6.29 Å². The number of esters is 1. The molecule has 1 unspecified atom stereocenters. The zero-order chi connectivity index (χ0) is 41.7. The fraction of sp³-hybridized carbons (Fsp3) is 0.700. The molecule has 4 rings (SSSR count). The second-order valence-corrected chi connectivity index (χ2v) is 18.1. The van der Waals surface area contributed by atoms with Crippen LogP contribution in [0.25, 0.3) is 0 Å². The standard InChI is InChI=1S/C40H60N2O12S2/c1-10-29-40(8,50)35(47)23(4)32(41-54-31(44)19-27-14-12-16-56-27)21(2)20-39(7,49)36(24(5)33(45)25(6)37(48)52-29)53-38-34(46)28(17-22(3)51-38)42(9)30(43)18-26-13-11-15-55-26/h11-16,21-25,28-29,33-36,38,45-47,49-50H,10,17-20H2,1-9H3/t21-,22-,23+,24+,25-,28+,29-,33+,34-,35-,36-,38+,39?,40-/m1/s1. The molecule has 14 nitrogen and oxygen atoms in total. The molecule has 0 saturated carbocycles. The number of thiophene rings is 2. The summed E-state index contributed by atoms with van der Waals surface area (Å²) in [6.45, 7) is 12.6. The zero-order valence-electron chi connectivity index (χ0n) is 33.7. The van der Waals surface area contributed by atoms with Gasteiger partial charge in [-0.2, -0.15) is 0 Å². The third kappa shape index (κ3) is 10.8. The van der Waals surface area contributed by atoms with E-state index < -0.39 is 95.8 Å². The number of nitrogens with zero attached hydrogens (tertiary/aromatic N) is 2. The van der Waals surface area contributed by atoms with Gasteiger partial charge in [-0.1, -0.05) is 45.0 Å². The molecule has 2 saturated heterocycles. The van der Waals surface area contributed by atoms with Gasteiger partial charge in [0.2, 0.25) is 5.91 Å². The highest BCUT2D eigenvalue weighted by molar-refractivity contribution is 7.10. The van der Waals surface area contributed by atoms with Crippen LogP contribution in [-0.4, -0.2) is 121 Å². The summed E-state index contributed by atoms with van der Waals surface area (Å²) >= 11 is 2.83. The number of carbonyl (C=O) groups excluding carboxylic acids is 3. The number of rotatable bonds is 9. The first-order valence-electron chi connectivity index (χ1n) is 19.3. The summed E-state index contributed by atoms with van der Waals surface area (Å²) in [4.78, 5) is 48.3. The van der Waals surface area contributed by atoms with Crippen molar-refractivity contribution in [2.75, 3.05) is 7.05 Å². The van der Waals surface area contributed by atoms with E-state index in [9.17, 15) is 39.9 Å². The molecule has 56 heavy (non-hydrogen) atoms. The van der Waals surface area contributed by atoms with E-state index in [2.05, 4.69) is 5.16 Å². The van der Waals surface area contributed by atoms with Crippen LogP contribution in [0.1, 0.15) is 84.4 Å². The molecule has 2 aromatic rings. The summed E-state index contributed by atoms with van der Waals surface area (Å²) in [7, 11) is 1.61. The van der Waals surface area contributed by atoms with Crippen molar-refractivity contribution >= 4 is 46.2 Å². The van der Waals surface area contributed by atoms with Gasteiger partial charge in [0.1, 0.15) is 17.8 Å². The average Bonchev–Trinajstić information content (AvgIpc) is 3.86. The number of aliphatic hydroxyl groups excluding tert-OH is 3. The van der Waals surface area contributed by atoms with Crippen LogP contribution < -0.4 is 0 Å². The normalized spacial score (nSPS) is 38.4. The Balaban J connectivity index is 1.72. The van der Waals surface area contributed by atoms with Crippen LogP contribution in [0.5, 0.6) is 0 Å². The van der Waals surface area contributed by atoms with Crippen LogP contribution >= 0.6 is 22.7 Å². The van der Waals surface area contributed by atoms with Crippen molar-refractivity contribution in [3.63, 3.8) is 0 Å². The minimum atomic E-state index is -2.01. The molecule has 0 bridgehead atoms. The molecule has 5 N–H and O–H groups in total. The van der Waals surface area contributed by atoms with Crippen molar-refractivity contribution in [1.82, 2.24) is 4.90 Å². The molecule has 16 heteroatoms. The molecular formula is C40H60N2O12S2. The molecule has 2 aliphatic heterocycles. The zero-order valence-corrected chi connectivity index (χ0v) is 35.4. The van der Waals surface area contributed by atoms with Crippen LogP contribution in [-0.2, 0) is 46.3 Å². The highest BCUT2D eigenvalue weighted by atomic mass is 32.1. The molecule has 0 radical (unpaired) electrons. The number of likely N-dealkylation sites (N-methyl/N-ethyl adjacent to an activating group) is 1. The highest BCUT2D eigenvalue weighted by Crippen LogP contribution is 2.38. The first-order valence-corrected chi connectivity index (χ1v) is 21.0. The molecule has 2 aromatic heterocycles. The number of ether oxygens (including phenoxy) is 3. The maximum absolute atomic E-state index is 13.6. The number of carbonyl (C=O) groups is 3. The van der Waals surface area contributed by atoms with E-state index in [1.807, 2.05) is 22.9 Å². The van der Waals surface area contributed by atoms with Crippen molar-refractivity contribution in [2.24, 2.45) is 28.8 Å². The SMILES string of the molecule is CC[C@H]1OC(=O)[C@H](C)[C@@H](O)[C@H](C)[C@@H](O[C@@H]2O[C@H](C)C[C@H](N(C)C(=O)Cc3cccs3)[C@H]2O)C(C)(O)C[C@@H](C)C(=NOC(=O)Cc2cccs2)[C@H](C)[C@@H](O)[C@]1(C)O. The monoisotopic (exact) mass is 824 g/mol. The summed E-state index contributed by atoms with van der Waals surface area (Å²) in [5, 5.41) is 67.2. The maximum Gasteiger partial charge on any atom is 0.340 e. The summed E-state index contributed by atoms with van der Waals surface area (Å²) in [6, 6.07) is 6.60. The first kappa shape index (κ1) is 45.9. The van der Waals surface area contributed by atoms with E-state index in [1.165, 1.54) is 48.3 Å². The third-order valence-electron chi connectivity index (χ3n) is 11.4. The summed E-state index contributed by atoms with van der Waals surface area (Å²) < 4.78 is 18.4. The fourth-order valence-electron chi connectivity index (χ4n) is 8.03. The van der Waals surface area contributed by atoms with Gasteiger partial charge in [-0.3, -0.25) is 9.59 Å². The lowest BCUT2D eigenvalue weighted by Gasteiger charge is -2.47. The Labute approximate surface area is 337 Å². The van der Waals surface area contributed by atoms with Crippen LogP contribution in [0.4, 0.5) is 0 Å². The van der Waals surface area contributed by atoms with Gasteiger partial charge in [0.05, 0.1) is 60.5 Å². The number of aliphatic hydroxyl groups is 5. The Morgan fingerprint density at radius 1 is 0.964 bits per heavy atom. The Bertz CT molecular complexity index is 1620. The Kier molecular flexibility index (Phi) is 15.8. The Morgan fingerprint density at radius 2 is 1.57 bits per heavy atom. The smallest absolute Gasteiger partial charge is 0.340 e. The van der Waals surface area contributed by atoms with Crippen molar-refractivity contribution in [1.29, 1.82) is 0 Å². The topological polar surface area (TPSA) is 205 Å². The predicted molar refractivity (Wildman–Crippen MR) is 211 cm³/mol. The van der Waals surface area contributed by atoms with E-state index in [4.69, 9.17) is 19.0 Å². The molecule has 1 amide bonds. The van der Waals surface area contributed by atoms with E-state index in [1.54, 1.807) is 53.8 Å². The van der Waals surface area contributed by atoms with Gasteiger partial charge in [0, 0.05) is 34.6 Å². The van der Waals surface area contributed by atoms with Crippen LogP contribution in [0.3, 0.4) is 0 Å². The lowest BCUT2D eigenvalue weighted by atomic mass is 9.73. The van der Waals surface area contributed by atoms with Gasteiger partial charge in [-0.05, 0) is 69.9 Å². The summed E-state index contributed by atoms with van der Waals surface area (Å²) in [5.41, 5.74) is -3.75. The minimum Gasteiger partial charge on any atom is -0.459 e. The molecule has 4 heterocycles. The number of oxime groups is 1. The summed E-state index contributed by atoms with van der Waals surface area (Å²) in [5.74, 6) is -5.65. The summed E-state index contributed by atoms with van der Waals surface area (Å²) in [6.07, 6.45) is -8.43. The predicted octanol–water partition coefficient (Wildman–Crippen LogP) is 3.70. The lowest BCUT2D eigenvalue weighted by molar-refractivity contribution is -0.298. The molecular weight excluding hydrogens is 765 g/mol. The van der Waals surface area contributed by atoms with Gasteiger partial charge in [-0.15, -0.1) is 22.7 Å². The second kappa shape index (κ2) is 19.3. The molecule has 314 valence electrons. The van der Waals surface area contributed by atoms with Crippen LogP contribution in [0.15, 0.2) is 40.2 Å². The largest absolute Gasteiger partial charge is 0.459 e. The van der Waals surface area contributed by atoms with Crippen molar-refractivity contribution in [3.05, 3.63) is 44.8 Å². The van der Waals surface area contributed by atoms with Crippen LogP contribution in [0.2, 0.25) is 0 Å². The molecule has 2 aliphatic rings. The molecule has 14 atom stereocenters. The van der Waals surface area contributed by atoms with Crippen molar-refractivity contribution < 1.29 is 59.0 Å². The number of hydrogen-bond acceptors (Lipinski definition) is 15. The number of amides is 1. The van der Waals surface area contributed by atoms with Crippen molar-refractivity contribution in [3.8, 4) is 0 Å². The molecule has 0 spiro atoms. The van der Waals surface area contributed by atoms with Crippen LogP contribution in [0, 0.1) is 23.7 Å². The third-order valence-corrected chi connectivity index (χ3v) is 13.2. The molecule has 0 aromatic carbocycles. The number of hydrogen-bond donors (Lipinski definition) is 5. The first-order chi connectivity index (χ1) is 26.2. The fourth-order valence-corrected chi connectivity index (χ4v) is 9.41. The van der Waals surface area contributed by atoms with Gasteiger partial charge >= 0.3 is 11.9 Å². The van der Waals surface area contributed by atoms with Gasteiger partial charge < -0.3 is 49.5 Å².